The van der Waals surface area contributed by atoms with Crippen LogP contribution in [-0.2, 0) is 14.8 Å². The number of amides is 1. The normalized spacial score (nSPS) is 28.9. The fraction of sp³-hybridized carbons (Fsp3) is 0.917. The third kappa shape index (κ3) is 4.74. The zero-order valence-electron chi connectivity index (χ0n) is 11.2. The number of rotatable bonds is 5. The molecule has 1 amide bonds. The molecule has 2 unspecified atom stereocenters. The molecule has 2 saturated heterocycles. The maximum atomic E-state index is 12.0. The van der Waals surface area contributed by atoms with Crippen LogP contribution >= 0.6 is 0 Å². The molecule has 0 aromatic carbocycles. The van der Waals surface area contributed by atoms with Gasteiger partial charge in [0.1, 0.15) is 6.04 Å². The monoisotopic (exact) mass is 289 g/mol. The van der Waals surface area contributed by atoms with Crippen LogP contribution < -0.4 is 15.4 Å². The van der Waals surface area contributed by atoms with E-state index >= 15 is 0 Å². The van der Waals surface area contributed by atoms with Gasteiger partial charge in [0.15, 0.2) is 0 Å². The number of sulfonamides is 1. The second-order valence-electron chi connectivity index (χ2n) is 5.36. The summed E-state index contributed by atoms with van der Waals surface area (Å²) in [5.41, 5.74) is 0. The fourth-order valence-electron chi connectivity index (χ4n) is 2.63. The summed E-state index contributed by atoms with van der Waals surface area (Å²) in [6, 6.07) is -0.288. The van der Waals surface area contributed by atoms with E-state index in [1.165, 1.54) is 6.42 Å². The van der Waals surface area contributed by atoms with Gasteiger partial charge in [-0.15, -0.1) is 0 Å². The van der Waals surface area contributed by atoms with Crippen LogP contribution in [-0.4, -0.2) is 45.3 Å². The minimum atomic E-state index is -3.36. The van der Waals surface area contributed by atoms with Crippen molar-refractivity contribution in [2.45, 2.75) is 50.6 Å². The lowest BCUT2D eigenvalue weighted by atomic mass is 10.0. The molecule has 7 heteroatoms. The summed E-state index contributed by atoms with van der Waals surface area (Å²) >= 11 is 0. The number of hydrogen-bond acceptors (Lipinski definition) is 4. The fourth-order valence-corrected chi connectivity index (χ4v) is 4.00. The predicted molar refractivity (Wildman–Crippen MR) is 73.2 cm³/mol. The van der Waals surface area contributed by atoms with Crippen LogP contribution in [0.1, 0.15) is 38.5 Å². The Labute approximate surface area is 114 Å². The summed E-state index contributed by atoms with van der Waals surface area (Å²) in [5, 5.41) is 6.01. The van der Waals surface area contributed by atoms with Crippen molar-refractivity contribution in [2.75, 3.05) is 18.8 Å². The lowest BCUT2D eigenvalue weighted by molar-refractivity contribution is -0.124. The van der Waals surface area contributed by atoms with Crippen LogP contribution in [0.25, 0.3) is 0 Å². The molecule has 3 N–H and O–H groups in total. The average Bonchev–Trinajstić information content (AvgIpc) is 2.40. The maximum absolute atomic E-state index is 12.0. The van der Waals surface area contributed by atoms with Crippen molar-refractivity contribution in [1.82, 2.24) is 15.4 Å². The Hall–Kier alpha value is -0.660. The molecule has 0 aromatic heterocycles. The molecular weight excluding hydrogens is 266 g/mol. The van der Waals surface area contributed by atoms with E-state index < -0.39 is 16.1 Å². The molecule has 2 aliphatic rings. The first-order valence-corrected chi connectivity index (χ1v) is 8.73. The lowest BCUT2D eigenvalue weighted by Crippen LogP contribution is -2.51. The molecular formula is C12H23N3O3S. The van der Waals surface area contributed by atoms with Gasteiger partial charge >= 0.3 is 0 Å². The topological polar surface area (TPSA) is 87.3 Å². The first-order valence-electron chi connectivity index (χ1n) is 7.08. The molecule has 0 aromatic rings. The Morgan fingerprint density at radius 1 is 1.16 bits per heavy atom. The summed E-state index contributed by atoms with van der Waals surface area (Å²) in [4.78, 5) is 11.5. The first kappa shape index (κ1) is 14.7. The molecule has 110 valence electrons. The molecule has 0 radical (unpaired) electrons. The summed E-state index contributed by atoms with van der Waals surface area (Å²) in [5.74, 6) is -0.111. The number of carbonyl (C=O) groups is 1. The summed E-state index contributed by atoms with van der Waals surface area (Å²) in [7, 11) is -3.36. The molecule has 2 atom stereocenters. The van der Waals surface area contributed by atoms with Crippen LogP contribution in [0, 0.1) is 0 Å². The highest BCUT2D eigenvalue weighted by atomic mass is 32.2. The summed E-state index contributed by atoms with van der Waals surface area (Å²) < 4.78 is 26.5. The number of hydrogen-bond donors (Lipinski definition) is 3. The van der Waals surface area contributed by atoms with E-state index in [2.05, 4.69) is 15.4 Å². The van der Waals surface area contributed by atoms with Crippen molar-refractivity contribution in [2.24, 2.45) is 0 Å². The highest BCUT2D eigenvalue weighted by Gasteiger charge is 2.27. The lowest BCUT2D eigenvalue weighted by Gasteiger charge is -2.25. The second kappa shape index (κ2) is 6.67. The average molecular weight is 289 g/mol. The van der Waals surface area contributed by atoms with Gasteiger partial charge in [-0.2, -0.15) is 0 Å². The molecule has 2 aliphatic heterocycles. The Balaban J connectivity index is 1.78. The van der Waals surface area contributed by atoms with Crippen LogP contribution in [0.3, 0.4) is 0 Å². The van der Waals surface area contributed by atoms with Crippen LogP contribution in [0.15, 0.2) is 0 Å². The van der Waals surface area contributed by atoms with E-state index in [0.717, 1.165) is 25.8 Å². The third-order valence-electron chi connectivity index (χ3n) is 3.75. The minimum Gasteiger partial charge on any atom is -0.355 e. The van der Waals surface area contributed by atoms with Gasteiger partial charge in [-0.3, -0.25) is 4.79 Å². The van der Waals surface area contributed by atoms with E-state index in [4.69, 9.17) is 0 Å². The molecule has 2 heterocycles. The van der Waals surface area contributed by atoms with Gasteiger partial charge < -0.3 is 10.6 Å². The van der Waals surface area contributed by atoms with Gasteiger partial charge in [-0.25, -0.2) is 13.1 Å². The van der Waals surface area contributed by atoms with E-state index in [1.54, 1.807) is 0 Å². The van der Waals surface area contributed by atoms with E-state index in [0.29, 0.717) is 25.4 Å². The van der Waals surface area contributed by atoms with E-state index in [1.807, 2.05) is 0 Å². The van der Waals surface area contributed by atoms with Gasteiger partial charge in [0.25, 0.3) is 0 Å². The highest BCUT2D eigenvalue weighted by molar-refractivity contribution is 7.89. The molecule has 0 bridgehead atoms. The van der Waals surface area contributed by atoms with Gasteiger partial charge in [-0.05, 0) is 38.6 Å². The first-order chi connectivity index (χ1) is 9.07. The van der Waals surface area contributed by atoms with Crippen molar-refractivity contribution >= 4 is 15.9 Å². The van der Waals surface area contributed by atoms with Crippen LogP contribution in [0.2, 0.25) is 0 Å². The van der Waals surface area contributed by atoms with Gasteiger partial charge in [0.05, 0.1) is 5.75 Å². The number of nitrogens with one attached hydrogen (secondary N) is 3. The van der Waals surface area contributed by atoms with Gasteiger partial charge in [0.2, 0.25) is 15.9 Å². The zero-order valence-corrected chi connectivity index (χ0v) is 12.0. The van der Waals surface area contributed by atoms with E-state index in [9.17, 15) is 13.2 Å². The molecule has 0 spiro atoms. The number of piperidine rings is 2. The summed E-state index contributed by atoms with van der Waals surface area (Å²) in [6.45, 7) is 1.62. The molecule has 2 fully saturated rings. The molecule has 0 saturated carbocycles. The Morgan fingerprint density at radius 2 is 2.00 bits per heavy atom. The summed E-state index contributed by atoms with van der Waals surface area (Å²) in [6.07, 6.45) is 5.40. The van der Waals surface area contributed by atoms with Crippen molar-refractivity contribution < 1.29 is 13.2 Å². The Bertz CT molecular complexity index is 404. The molecule has 0 aliphatic carbocycles. The highest BCUT2D eigenvalue weighted by Crippen LogP contribution is 2.11. The van der Waals surface area contributed by atoms with Crippen molar-refractivity contribution in [1.29, 1.82) is 0 Å². The maximum Gasteiger partial charge on any atom is 0.238 e. The van der Waals surface area contributed by atoms with Crippen LogP contribution in [0.4, 0.5) is 0 Å². The van der Waals surface area contributed by atoms with Gasteiger partial charge in [0, 0.05) is 12.6 Å². The van der Waals surface area contributed by atoms with Crippen molar-refractivity contribution in [3.63, 3.8) is 0 Å². The molecule has 2 rings (SSSR count). The molecule has 19 heavy (non-hydrogen) atoms. The molecule has 6 nitrogen and oxygen atoms in total. The third-order valence-corrected chi connectivity index (χ3v) is 5.17. The Kier molecular flexibility index (Phi) is 5.18. The SMILES string of the molecule is O=C1NCCCC1NS(=O)(=O)CCC1CCCCN1. The Morgan fingerprint density at radius 3 is 2.68 bits per heavy atom. The van der Waals surface area contributed by atoms with Crippen molar-refractivity contribution in [3.05, 3.63) is 0 Å². The second-order valence-corrected chi connectivity index (χ2v) is 7.23. The van der Waals surface area contributed by atoms with E-state index in [-0.39, 0.29) is 11.7 Å². The minimum absolute atomic E-state index is 0.0917. The standard InChI is InChI=1S/C12H23N3O3S/c16-12-11(5-3-8-14-12)15-19(17,18)9-6-10-4-1-2-7-13-10/h10-11,13,15H,1-9H2,(H,14,16). The smallest absolute Gasteiger partial charge is 0.238 e. The predicted octanol–water partition coefficient (Wildman–Crippen LogP) is -0.283. The quantitative estimate of drug-likeness (QED) is 0.649. The number of carbonyl (C=O) groups excluding carboxylic acids is 1. The zero-order chi connectivity index (χ0) is 13.7. The van der Waals surface area contributed by atoms with Crippen molar-refractivity contribution in [3.8, 4) is 0 Å². The largest absolute Gasteiger partial charge is 0.355 e. The van der Waals surface area contributed by atoms with Gasteiger partial charge in [-0.1, -0.05) is 6.42 Å². The van der Waals surface area contributed by atoms with Crippen LogP contribution in [0.5, 0.6) is 0 Å².